The van der Waals surface area contributed by atoms with Crippen molar-refractivity contribution in [3.05, 3.63) is 64.0 Å². The summed E-state index contributed by atoms with van der Waals surface area (Å²) < 4.78 is 0. The number of fused-ring (bicyclic) bond motifs is 2. The summed E-state index contributed by atoms with van der Waals surface area (Å²) in [5.74, 6) is -0.145. The number of aryl methyl sites for hydroxylation is 1. The van der Waals surface area contributed by atoms with Gasteiger partial charge in [0.05, 0.1) is 5.56 Å². The first kappa shape index (κ1) is 20.7. The molecule has 2 heterocycles. The number of amides is 2. The molecule has 3 aromatic rings. The summed E-state index contributed by atoms with van der Waals surface area (Å²) in [4.78, 5) is 29.2. The molecule has 1 N–H and O–H groups in total. The van der Waals surface area contributed by atoms with Gasteiger partial charge < -0.3 is 10.2 Å². The van der Waals surface area contributed by atoms with Crippen LogP contribution in [0.15, 0.2) is 42.5 Å². The Morgan fingerprint density at radius 3 is 2.59 bits per heavy atom. The van der Waals surface area contributed by atoms with Crippen LogP contribution in [0.5, 0.6) is 0 Å². The van der Waals surface area contributed by atoms with Crippen LogP contribution in [0.4, 0.5) is 5.00 Å². The molecule has 0 atom stereocenters. The third kappa shape index (κ3) is 3.78. The maximum Gasteiger partial charge on any atom is 0.254 e. The summed E-state index contributed by atoms with van der Waals surface area (Å²) in [6.07, 6.45) is 5.45. The van der Waals surface area contributed by atoms with Gasteiger partial charge in [0.15, 0.2) is 0 Å². The predicted molar refractivity (Wildman–Crippen MR) is 127 cm³/mol. The van der Waals surface area contributed by atoms with Crippen molar-refractivity contribution >= 4 is 38.9 Å². The fourth-order valence-corrected chi connectivity index (χ4v) is 6.16. The summed E-state index contributed by atoms with van der Waals surface area (Å²) in [6.45, 7) is 1.12. The highest BCUT2D eigenvalue weighted by molar-refractivity contribution is 7.16. The lowest BCUT2D eigenvalue weighted by atomic mass is 9.94. The lowest BCUT2D eigenvalue weighted by Crippen LogP contribution is -2.41. The number of benzene rings is 2. The third-order valence-corrected chi connectivity index (χ3v) is 7.90. The summed E-state index contributed by atoms with van der Waals surface area (Å²) in [5.41, 5.74) is 2.50. The summed E-state index contributed by atoms with van der Waals surface area (Å²) in [6, 6.07) is 16.0. The number of nitrogens with one attached hydrogen (secondary N) is 1. The Morgan fingerprint density at radius 1 is 1.03 bits per heavy atom. The normalized spacial score (nSPS) is 16.4. The smallest absolute Gasteiger partial charge is 0.254 e. The van der Waals surface area contributed by atoms with Crippen LogP contribution in [0.3, 0.4) is 0 Å². The molecule has 1 fully saturated rings. The van der Waals surface area contributed by atoms with Crippen molar-refractivity contribution < 1.29 is 9.59 Å². The van der Waals surface area contributed by atoms with Crippen LogP contribution in [0.2, 0.25) is 0 Å². The van der Waals surface area contributed by atoms with Crippen molar-refractivity contribution in [3.8, 4) is 6.07 Å². The maximum absolute atomic E-state index is 13.2. The first-order valence-electron chi connectivity index (χ1n) is 11.3. The Bertz CT molecular complexity index is 1230. The number of hydrogen-bond donors (Lipinski definition) is 1. The molecule has 2 amide bonds. The Balaban J connectivity index is 1.25. The molecule has 162 valence electrons. The van der Waals surface area contributed by atoms with E-state index in [1.165, 1.54) is 4.88 Å². The second-order valence-corrected chi connectivity index (χ2v) is 9.71. The van der Waals surface area contributed by atoms with Crippen LogP contribution in [-0.2, 0) is 17.6 Å². The Kier molecular flexibility index (Phi) is 5.67. The van der Waals surface area contributed by atoms with Crippen LogP contribution in [-0.4, -0.2) is 29.8 Å². The number of hydrogen-bond acceptors (Lipinski definition) is 4. The number of anilines is 1. The van der Waals surface area contributed by atoms with Crippen molar-refractivity contribution in [2.45, 2.75) is 38.5 Å². The molecule has 5 nitrogen and oxygen atoms in total. The second kappa shape index (κ2) is 8.76. The minimum absolute atomic E-state index is 0.0263. The van der Waals surface area contributed by atoms with Gasteiger partial charge in [0, 0.05) is 29.4 Å². The van der Waals surface area contributed by atoms with Crippen molar-refractivity contribution in [2.75, 3.05) is 18.4 Å². The van der Waals surface area contributed by atoms with Crippen LogP contribution in [0.1, 0.15) is 52.0 Å². The number of rotatable bonds is 3. The minimum Gasteiger partial charge on any atom is -0.339 e. The second-order valence-electron chi connectivity index (χ2n) is 8.61. The van der Waals surface area contributed by atoms with E-state index in [1.807, 2.05) is 47.4 Å². The van der Waals surface area contributed by atoms with Crippen molar-refractivity contribution in [1.82, 2.24) is 4.90 Å². The molecule has 0 spiro atoms. The average molecular weight is 444 g/mol. The average Bonchev–Trinajstić information content (AvgIpc) is 3.20. The van der Waals surface area contributed by atoms with Crippen LogP contribution in [0.25, 0.3) is 10.8 Å². The lowest BCUT2D eigenvalue weighted by Gasteiger charge is -2.31. The van der Waals surface area contributed by atoms with Gasteiger partial charge in [-0.05, 0) is 60.9 Å². The van der Waals surface area contributed by atoms with Gasteiger partial charge in [-0.25, -0.2) is 0 Å². The third-order valence-electron chi connectivity index (χ3n) is 6.69. The van der Waals surface area contributed by atoms with Gasteiger partial charge in [0.25, 0.3) is 5.91 Å². The van der Waals surface area contributed by atoms with Gasteiger partial charge in [-0.2, -0.15) is 5.26 Å². The number of carbonyl (C=O) groups is 2. The van der Waals surface area contributed by atoms with E-state index < -0.39 is 0 Å². The Hall–Kier alpha value is -3.17. The van der Waals surface area contributed by atoms with E-state index in [4.69, 9.17) is 0 Å². The van der Waals surface area contributed by atoms with Crippen LogP contribution in [0, 0.1) is 17.2 Å². The molecule has 2 aromatic carbocycles. The van der Waals surface area contributed by atoms with E-state index in [2.05, 4.69) is 11.4 Å². The van der Waals surface area contributed by atoms with Gasteiger partial charge in [-0.15, -0.1) is 11.3 Å². The van der Waals surface area contributed by atoms with Crippen LogP contribution < -0.4 is 5.32 Å². The highest BCUT2D eigenvalue weighted by Crippen LogP contribution is 2.38. The van der Waals surface area contributed by atoms with E-state index in [0.717, 1.165) is 42.0 Å². The standard InChI is InChI=1S/C26H25N3O2S/c27-16-22-20-9-3-4-11-23(20)32-25(22)28-24(30)18-12-14-29(15-13-18)26(31)21-10-5-7-17-6-1-2-8-19(17)21/h1-2,5-8,10,18H,3-4,9,11-15H2,(H,28,30). The molecule has 0 saturated carbocycles. The molecule has 0 bridgehead atoms. The van der Waals surface area contributed by atoms with Gasteiger partial charge >= 0.3 is 0 Å². The fraction of sp³-hybridized carbons (Fsp3) is 0.346. The summed E-state index contributed by atoms with van der Waals surface area (Å²) in [5, 5.41) is 15.4. The molecule has 1 aliphatic carbocycles. The van der Waals surface area contributed by atoms with Crippen molar-refractivity contribution in [2.24, 2.45) is 5.92 Å². The fourth-order valence-electron chi connectivity index (χ4n) is 4.91. The number of nitriles is 1. The van der Waals surface area contributed by atoms with Gasteiger partial charge in [-0.3, -0.25) is 9.59 Å². The zero-order valence-corrected chi connectivity index (χ0v) is 18.7. The highest BCUT2D eigenvalue weighted by atomic mass is 32.1. The monoisotopic (exact) mass is 443 g/mol. The number of carbonyl (C=O) groups excluding carboxylic acids is 2. The van der Waals surface area contributed by atoms with E-state index in [-0.39, 0.29) is 17.7 Å². The molecule has 5 rings (SSSR count). The Morgan fingerprint density at radius 2 is 1.78 bits per heavy atom. The molecular formula is C26H25N3O2S. The van der Waals surface area contributed by atoms with E-state index in [9.17, 15) is 14.9 Å². The lowest BCUT2D eigenvalue weighted by molar-refractivity contribution is -0.121. The minimum atomic E-state index is -0.141. The quantitative estimate of drug-likeness (QED) is 0.609. The SMILES string of the molecule is N#Cc1c(NC(=O)C2CCN(C(=O)c3cccc4ccccc34)CC2)sc2c1CCCC2. The molecule has 6 heteroatoms. The zero-order valence-electron chi connectivity index (χ0n) is 17.9. The molecule has 1 aromatic heterocycles. The molecule has 1 saturated heterocycles. The summed E-state index contributed by atoms with van der Waals surface area (Å²) >= 11 is 1.56. The number of thiophene rings is 1. The number of likely N-dealkylation sites (tertiary alicyclic amines) is 1. The maximum atomic E-state index is 13.2. The molecule has 2 aliphatic rings. The molecule has 32 heavy (non-hydrogen) atoms. The van der Waals surface area contributed by atoms with Crippen molar-refractivity contribution in [1.29, 1.82) is 5.26 Å². The van der Waals surface area contributed by atoms with E-state index in [1.54, 1.807) is 11.3 Å². The Labute approximate surface area is 191 Å². The first-order chi connectivity index (χ1) is 15.7. The molecular weight excluding hydrogens is 418 g/mol. The predicted octanol–water partition coefficient (Wildman–Crippen LogP) is 5.14. The van der Waals surface area contributed by atoms with Gasteiger partial charge in [0.2, 0.25) is 5.91 Å². The molecule has 1 aliphatic heterocycles. The number of nitrogens with zero attached hydrogens (tertiary/aromatic N) is 2. The molecule has 0 radical (unpaired) electrons. The van der Waals surface area contributed by atoms with Crippen molar-refractivity contribution in [3.63, 3.8) is 0 Å². The van der Waals surface area contributed by atoms with Gasteiger partial charge in [-0.1, -0.05) is 36.4 Å². The van der Waals surface area contributed by atoms with Gasteiger partial charge in [0.1, 0.15) is 11.1 Å². The highest BCUT2D eigenvalue weighted by Gasteiger charge is 2.30. The number of piperidine rings is 1. The topological polar surface area (TPSA) is 73.2 Å². The largest absolute Gasteiger partial charge is 0.339 e. The van der Waals surface area contributed by atoms with Crippen LogP contribution >= 0.6 is 11.3 Å². The van der Waals surface area contributed by atoms with E-state index >= 15 is 0 Å². The van der Waals surface area contributed by atoms with E-state index in [0.29, 0.717) is 42.1 Å². The molecule has 0 unspecified atom stereocenters. The zero-order chi connectivity index (χ0) is 22.1. The summed E-state index contributed by atoms with van der Waals surface area (Å²) in [7, 11) is 0. The first-order valence-corrected chi connectivity index (χ1v) is 12.1.